The van der Waals surface area contributed by atoms with Crippen LogP contribution in [0.2, 0.25) is 10.0 Å². The van der Waals surface area contributed by atoms with Crippen LogP contribution in [0.15, 0.2) is 48.8 Å². The van der Waals surface area contributed by atoms with Crippen molar-refractivity contribution in [2.45, 2.75) is 64.1 Å². The molecule has 4 aliphatic rings. The number of benzene rings is 2. The van der Waals surface area contributed by atoms with Gasteiger partial charge in [0, 0.05) is 41.6 Å². The number of ether oxygens (including phenoxy) is 2. The van der Waals surface area contributed by atoms with E-state index in [1.165, 1.54) is 7.11 Å². The summed E-state index contributed by atoms with van der Waals surface area (Å²) >= 11 is 14.1. The van der Waals surface area contributed by atoms with Crippen molar-refractivity contribution in [3.8, 4) is 45.4 Å². The van der Waals surface area contributed by atoms with Gasteiger partial charge in [0.15, 0.2) is 0 Å². The van der Waals surface area contributed by atoms with Gasteiger partial charge in [-0.25, -0.2) is 9.97 Å². The number of carbonyl (C=O) groups is 1. The van der Waals surface area contributed by atoms with E-state index in [2.05, 4.69) is 15.3 Å². The van der Waals surface area contributed by atoms with Gasteiger partial charge in [0.05, 0.1) is 53.5 Å². The number of aryl methyl sites for hydroxylation is 1. The van der Waals surface area contributed by atoms with Crippen molar-refractivity contribution in [2.75, 3.05) is 20.8 Å². The van der Waals surface area contributed by atoms with Crippen molar-refractivity contribution in [1.29, 1.82) is 0 Å². The quantitative estimate of drug-likeness (QED) is 0.155. The fourth-order valence-electron chi connectivity index (χ4n) is 7.96. The number of nitrogens with one attached hydrogen (secondary N) is 1. The number of hydrogen-bond donors (Lipinski definition) is 1. The predicted molar refractivity (Wildman–Crippen MR) is 184 cm³/mol. The highest BCUT2D eigenvalue weighted by Crippen LogP contribution is 2.79. The van der Waals surface area contributed by atoms with Crippen LogP contribution >= 0.6 is 23.2 Å². The summed E-state index contributed by atoms with van der Waals surface area (Å²) in [5.74, 6) is 1.36. The van der Waals surface area contributed by atoms with E-state index >= 15 is 0 Å². The van der Waals surface area contributed by atoms with E-state index < -0.39 is 11.6 Å². The highest BCUT2D eigenvalue weighted by atomic mass is 35.5. The van der Waals surface area contributed by atoms with Gasteiger partial charge in [-0.1, -0.05) is 59.6 Å². The lowest BCUT2D eigenvalue weighted by Crippen LogP contribution is -2.68. The van der Waals surface area contributed by atoms with Gasteiger partial charge in [-0.2, -0.15) is 13.2 Å². The van der Waals surface area contributed by atoms with Gasteiger partial charge < -0.3 is 14.8 Å². The minimum atomic E-state index is -4.13. The van der Waals surface area contributed by atoms with Gasteiger partial charge in [-0.05, 0) is 56.4 Å². The van der Waals surface area contributed by atoms with Crippen LogP contribution in [-0.2, 0) is 17.8 Å². The van der Waals surface area contributed by atoms with Crippen LogP contribution in [0.5, 0.6) is 11.8 Å². The summed E-state index contributed by atoms with van der Waals surface area (Å²) in [4.78, 5) is 30.2. The van der Waals surface area contributed by atoms with Crippen molar-refractivity contribution in [3.05, 3.63) is 70.2 Å². The van der Waals surface area contributed by atoms with Crippen molar-refractivity contribution in [1.82, 2.24) is 25.3 Å². The minimum Gasteiger partial charge on any atom is -0.480 e. The molecule has 4 aromatic rings. The summed E-state index contributed by atoms with van der Waals surface area (Å²) in [6, 6.07) is 11.1. The average molecular weight is 727 g/mol. The Labute approximate surface area is 298 Å². The second kappa shape index (κ2) is 13.4. The normalized spacial score (nSPS) is 22.6. The van der Waals surface area contributed by atoms with E-state index in [1.54, 1.807) is 19.5 Å². The molecule has 0 amide bonds. The number of nitrogens with zero attached hydrogens (tertiary/aromatic N) is 4. The molecular weight excluding hydrogens is 690 g/mol. The van der Waals surface area contributed by atoms with Crippen LogP contribution in [0.1, 0.15) is 56.3 Å². The molecule has 13 heteroatoms. The molecule has 1 atom stereocenters. The number of carbonyl (C=O) groups excluding carboxylic acids is 1. The summed E-state index contributed by atoms with van der Waals surface area (Å²) in [5, 5.41) is 4.22. The first kappa shape index (κ1) is 34.6. The van der Waals surface area contributed by atoms with Crippen molar-refractivity contribution >= 4 is 29.0 Å². The summed E-state index contributed by atoms with van der Waals surface area (Å²) in [5.41, 5.74) is 3.17. The molecule has 0 unspecified atom stereocenters. The van der Waals surface area contributed by atoms with E-state index in [0.717, 1.165) is 13.0 Å². The second-order valence-electron chi connectivity index (χ2n) is 13.8. The summed E-state index contributed by atoms with van der Waals surface area (Å²) in [6.07, 6.45) is 2.99. The topological polar surface area (TPSA) is 99.1 Å². The maximum absolute atomic E-state index is 13.3. The molecule has 2 aromatic heterocycles. The van der Waals surface area contributed by atoms with Crippen molar-refractivity contribution in [2.24, 2.45) is 16.7 Å². The summed E-state index contributed by atoms with van der Waals surface area (Å²) in [6.45, 7) is 1.18. The van der Waals surface area contributed by atoms with Gasteiger partial charge in [0.2, 0.25) is 11.8 Å². The fourth-order valence-corrected chi connectivity index (χ4v) is 8.61. The number of ketones is 1. The molecule has 4 saturated carbocycles. The number of Topliss-reactive ketones (excluding diaryl/α,β-unsaturated/α-hetero) is 1. The molecule has 2 aromatic carbocycles. The predicted octanol–water partition coefficient (Wildman–Crippen LogP) is 8.72. The standard InChI is InChI=1S/C37H36Cl2F3N5O3/c1-49-33-27(11-12-35-18-36(19-35,20-35)37(40,41)42)44-16-28(46-33)25-7-3-5-23(31(25)38)24-6-4-8-26(32(24)39)29-17-45-30(34(47-29)50-2)15-43-14-21-9-10-22(48)13-21/h3-8,16-17,21,43H,9-15,18-20H2,1-2H3/t21-,35?,36?/m1/s1. The third-order valence-corrected chi connectivity index (χ3v) is 11.4. The maximum Gasteiger partial charge on any atom is 0.394 e. The Balaban J connectivity index is 1.08. The Hall–Kier alpha value is -3.80. The lowest BCUT2D eigenvalue weighted by atomic mass is 9.34. The van der Waals surface area contributed by atoms with Crippen LogP contribution in [-0.4, -0.2) is 52.7 Å². The fraction of sp³-hybridized carbons (Fsp3) is 0.432. The molecule has 0 saturated heterocycles. The number of alkyl halides is 3. The third kappa shape index (κ3) is 6.32. The van der Waals surface area contributed by atoms with Gasteiger partial charge in [0.1, 0.15) is 17.2 Å². The minimum absolute atomic E-state index is 0.192. The maximum atomic E-state index is 13.3. The van der Waals surface area contributed by atoms with Crippen molar-refractivity contribution < 1.29 is 27.4 Å². The first-order chi connectivity index (χ1) is 23.9. The van der Waals surface area contributed by atoms with Gasteiger partial charge >= 0.3 is 6.18 Å². The Morgan fingerprint density at radius 3 is 1.92 bits per heavy atom. The zero-order valence-corrected chi connectivity index (χ0v) is 29.2. The molecule has 2 heterocycles. The van der Waals surface area contributed by atoms with Gasteiger partial charge in [-0.3, -0.25) is 14.8 Å². The largest absolute Gasteiger partial charge is 0.480 e. The Kier molecular flexibility index (Phi) is 9.28. The lowest BCUT2D eigenvalue weighted by molar-refractivity contribution is -0.364. The molecule has 8 nitrogen and oxygen atoms in total. The smallest absolute Gasteiger partial charge is 0.394 e. The molecule has 8 rings (SSSR count). The van der Waals surface area contributed by atoms with E-state index in [0.29, 0.717) is 111 Å². The van der Waals surface area contributed by atoms with E-state index in [1.807, 2.05) is 36.4 Å². The average Bonchev–Trinajstić information content (AvgIpc) is 3.48. The molecule has 0 spiro atoms. The number of aromatic nitrogens is 4. The molecule has 0 radical (unpaired) electrons. The Morgan fingerprint density at radius 2 is 1.40 bits per heavy atom. The number of rotatable bonds is 12. The monoisotopic (exact) mass is 725 g/mol. The molecule has 1 N–H and O–H groups in total. The number of hydrogen-bond acceptors (Lipinski definition) is 8. The highest BCUT2D eigenvalue weighted by Gasteiger charge is 2.77. The highest BCUT2D eigenvalue weighted by molar-refractivity contribution is 6.39. The molecule has 0 aliphatic heterocycles. The second-order valence-corrected chi connectivity index (χ2v) is 14.6. The van der Waals surface area contributed by atoms with Gasteiger partial charge in [-0.15, -0.1) is 0 Å². The molecule has 4 fully saturated rings. The zero-order valence-electron chi connectivity index (χ0n) is 27.7. The van der Waals surface area contributed by atoms with Crippen LogP contribution in [0.3, 0.4) is 0 Å². The van der Waals surface area contributed by atoms with Crippen molar-refractivity contribution in [3.63, 3.8) is 0 Å². The molecule has 50 heavy (non-hydrogen) atoms. The zero-order chi connectivity index (χ0) is 35.3. The van der Waals surface area contributed by atoms with Gasteiger partial charge in [0.25, 0.3) is 0 Å². The SMILES string of the molecule is COc1nc(-c2cccc(-c3cccc(-c4cnc(CNC[C@@H]5CCC(=O)C5)c(OC)n4)c3Cl)c2Cl)cnc1CCC12CC(C(F)(F)F)(C1)C2. The van der Waals surface area contributed by atoms with E-state index in [4.69, 9.17) is 42.6 Å². The Morgan fingerprint density at radius 1 is 0.860 bits per heavy atom. The number of halogens is 5. The third-order valence-electron chi connectivity index (χ3n) is 10.6. The van der Waals surface area contributed by atoms with Crippen LogP contribution in [0, 0.1) is 16.7 Å². The summed E-state index contributed by atoms with van der Waals surface area (Å²) in [7, 11) is 3.05. The van der Waals surface area contributed by atoms with E-state index in [-0.39, 0.29) is 24.7 Å². The first-order valence-corrected chi connectivity index (χ1v) is 17.4. The summed E-state index contributed by atoms with van der Waals surface area (Å²) < 4.78 is 51.1. The van der Waals surface area contributed by atoms with E-state index in [9.17, 15) is 18.0 Å². The molecule has 262 valence electrons. The lowest BCUT2D eigenvalue weighted by Gasteiger charge is -2.71. The molecule has 4 aliphatic carbocycles. The van der Waals surface area contributed by atoms with Crippen LogP contribution < -0.4 is 14.8 Å². The first-order valence-electron chi connectivity index (χ1n) is 16.6. The molecular formula is C37H36Cl2F3N5O3. The van der Waals surface area contributed by atoms with Crippen LogP contribution in [0.4, 0.5) is 13.2 Å². The number of methoxy groups -OCH3 is 2. The van der Waals surface area contributed by atoms with Crippen LogP contribution in [0.25, 0.3) is 33.6 Å². The Bertz CT molecular complexity index is 1940. The molecule has 2 bridgehead atoms.